The van der Waals surface area contributed by atoms with Crippen molar-refractivity contribution in [1.82, 2.24) is 9.80 Å². The monoisotopic (exact) mass is 570 g/mol. The standard InChI is InChI=1S/C28H24Cl2N2O7/c1-31-25(38)27(29)12-18-16(6-7-17-21(18)24(37)32(23(17)36)11-10-20(34)35)22(28(27,30)26(31)39)15-8-9-19(33)14-5-3-2-4-13(14)15/h2-6,8-9,17-18,21-22,33H,7,10-12H2,1H3,(H,34,35). The fourth-order valence-electron chi connectivity index (χ4n) is 7.14. The van der Waals surface area contributed by atoms with Gasteiger partial charge >= 0.3 is 5.97 Å². The van der Waals surface area contributed by atoms with Crippen molar-refractivity contribution in [1.29, 1.82) is 0 Å². The van der Waals surface area contributed by atoms with E-state index in [0.717, 1.165) is 9.80 Å². The smallest absolute Gasteiger partial charge is 0.305 e. The summed E-state index contributed by atoms with van der Waals surface area (Å²) in [6.07, 6.45) is 1.49. The molecule has 0 radical (unpaired) electrons. The molecule has 0 aromatic heterocycles. The molecule has 9 nitrogen and oxygen atoms in total. The molecule has 0 bridgehead atoms. The van der Waals surface area contributed by atoms with Gasteiger partial charge in [0.05, 0.1) is 18.3 Å². The van der Waals surface area contributed by atoms with Crippen molar-refractivity contribution >= 4 is 63.6 Å². The van der Waals surface area contributed by atoms with Crippen LogP contribution in [0, 0.1) is 17.8 Å². The van der Waals surface area contributed by atoms with Gasteiger partial charge in [-0.1, -0.05) is 42.0 Å². The van der Waals surface area contributed by atoms with Crippen LogP contribution in [0.15, 0.2) is 48.0 Å². The minimum absolute atomic E-state index is 0.0248. The number of benzene rings is 2. The lowest BCUT2D eigenvalue weighted by molar-refractivity contribution is -0.143. The first kappa shape index (κ1) is 25.8. The molecular weight excluding hydrogens is 547 g/mol. The van der Waals surface area contributed by atoms with E-state index in [0.29, 0.717) is 21.9 Å². The molecule has 6 unspecified atom stereocenters. The Hall–Kier alpha value is -3.43. The van der Waals surface area contributed by atoms with E-state index in [1.807, 2.05) is 6.08 Å². The number of rotatable bonds is 4. The number of aromatic hydroxyl groups is 1. The van der Waals surface area contributed by atoms with E-state index in [2.05, 4.69) is 0 Å². The van der Waals surface area contributed by atoms with Crippen LogP contribution >= 0.6 is 23.2 Å². The van der Waals surface area contributed by atoms with Crippen molar-refractivity contribution in [3.05, 3.63) is 53.6 Å². The number of halogens is 2. The van der Waals surface area contributed by atoms with Crippen LogP contribution in [0.3, 0.4) is 0 Å². The number of phenolic OH excluding ortho intramolecular Hbond substituents is 1. The average Bonchev–Trinajstić information content (AvgIpc) is 3.23. The molecule has 6 atom stereocenters. The van der Waals surface area contributed by atoms with Crippen LogP contribution in [0.5, 0.6) is 5.75 Å². The second-order valence-corrected chi connectivity index (χ2v) is 11.9. The Labute approximate surface area is 232 Å². The van der Waals surface area contributed by atoms with Crippen molar-refractivity contribution < 1.29 is 34.2 Å². The van der Waals surface area contributed by atoms with E-state index in [1.54, 1.807) is 30.3 Å². The number of allylic oxidation sites excluding steroid dienone is 2. The fraction of sp³-hybridized carbons (Fsp3) is 0.393. The number of hydrogen-bond donors (Lipinski definition) is 2. The van der Waals surface area contributed by atoms with Gasteiger partial charge in [-0.2, -0.15) is 0 Å². The van der Waals surface area contributed by atoms with Crippen LogP contribution in [-0.2, 0) is 24.0 Å². The van der Waals surface area contributed by atoms with Crippen molar-refractivity contribution in [2.75, 3.05) is 13.6 Å². The average molecular weight is 571 g/mol. The Morgan fingerprint density at radius 1 is 1.00 bits per heavy atom. The van der Waals surface area contributed by atoms with E-state index < -0.39 is 63.0 Å². The fourth-order valence-corrected chi connectivity index (χ4v) is 8.15. The summed E-state index contributed by atoms with van der Waals surface area (Å²) in [7, 11) is 1.32. The zero-order chi connectivity index (χ0) is 28.0. The number of nitrogens with zero attached hydrogens (tertiary/aromatic N) is 2. The van der Waals surface area contributed by atoms with Crippen molar-refractivity contribution in [3.63, 3.8) is 0 Å². The number of aliphatic carboxylic acids is 1. The highest BCUT2D eigenvalue weighted by molar-refractivity contribution is 6.53. The van der Waals surface area contributed by atoms with Gasteiger partial charge in [-0.15, -0.1) is 23.2 Å². The maximum atomic E-state index is 13.7. The highest BCUT2D eigenvalue weighted by Crippen LogP contribution is 2.65. The third-order valence-corrected chi connectivity index (χ3v) is 10.3. The number of carboxylic acid groups (broad SMARTS) is 1. The summed E-state index contributed by atoms with van der Waals surface area (Å²) >= 11 is 14.4. The quantitative estimate of drug-likeness (QED) is 0.328. The van der Waals surface area contributed by atoms with Gasteiger partial charge in [-0.25, -0.2) is 0 Å². The van der Waals surface area contributed by atoms with Crippen molar-refractivity contribution in [3.8, 4) is 5.75 Å². The number of carboxylic acids is 1. The SMILES string of the molecule is CN1C(=O)C2(Cl)CC3C(=CCC4C(=O)N(CCC(=O)O)C(=O)C43)C(c3ccc(O)c4ccccc34)C2(Cl)C1=O. The maximum Gasteiger partial charge on any atom is 0.305 e. The molecule has 4 amide bonds. The molecule has 2 N–H and O–H groups in total. The first-order valence-corrected chi connectivity index (χ1v) is 13.4. The highest BCUT2D eigenvalue weighted by Gasteiger charge is 2.76. The zero-order valence-corrected chi connectivity index (χ0v) is 22.3. The Morgan fingerprint density at radius 3 is 2.38 bits per heavy atom. The third kappa shape index (κ3) is 3.23. The number of likely N-dealkylation sites (tertiary alicyclic amines) is 2. The van der Waals surface area contributed by atoms with Gasteiger partial charge in [0.15, 0.2) is 9.75 Å². The number of carbonyl (C=O) groups is 5. The number of phenols is 1. The van der Waals surface area contributed by atoms with Crippen LogP contribution in [0.2, 0.25) is 0 Å². The molecule has 39 heavy (non-hydrogen) atoms. The lowest BCUT2D eigenvalue weighted by atomic mass is 9.56. The molecule has 6 rings (SSSR count). The first-order valence-electron chi connectivity index (χ1n) is 12.6. The predicted octanol–water partition coefficient (Wildman–Crippen LogP) is 3.01. The molecule has 4 aliphatic rings. The number of hydrogen-bond acceptors (Lipinski definition) is 6. The second kappa shape index (κ2) is 8.53. The second-order valence-electron chi connectivity index (χ2n) is 10.7. The molecule has 1 saturated carbocycles. The zero-order valence-electron chi connectivity index (χ0n) is 20.8. The molecule has 3 fully saturated rings. The molecule has 2 aromatic rings. The number of carbonyl (C=O) groups excluding carboxylic acids is 4. The molecule has 2 aliphatic heterocycles. The van der Waals surface area contributed by atoms with Crippen LogP contribution in [0.25, 0.3) is 10.8 Å². The molecule has 0 spiro atoms. The van der Waals surface area contributed by atoms with Gasteiger partial charge in [0, 0.05) is 24.9 Å². The number of amides is 4. The van der Waals surface area contributed by atoms with E-state index in [1.165, 1.54) is 13.1 Å². The van der Waals surface area contributed by atoms with Crippen molar-refractivity contribution in [2.24, 2.45) is 17.8 Å². The summed E-state index contributed by atoms with van der Waals surface area (Å²) in [5, 5.41) is 20.8. The summed E-state index contributed by atoms with van der Waals surface area (Å²) in [4.78, 5) is 63.3. The van der Waals surface area contributed by atoms with E-state index >= 15 is 0 Å². The highest BCUT2D eigenvalue weighted by atomic mass is 35.5. The Balaban J connectivity index is 1.56. The lowest BCUT2D eigenvalue weighted by Gasteiger charge is -2.51. The number of imide groups is 2. The first-order chi connectivity index (χ1) is 18.4. The van der Waals surface area contributed by atoms with Gasteiger partial charge in [0.25, 0.3) is 11.8 Å². The van der Waals surface area contributed by atoms with Gasteiger partial charge in [-0.3, -0.25) is 33.8 Å². The summed E-state index contributed by atoms with van der Waals surface area (Å²) < 4.78 is 0. The summed E-state index contributed by atoms with van der Waals surface area (Å²) in [6.45, 7) is -0.250. The third-order valence-electron chi connectivity index (χ3n) is 8.90. The minimum Gasteiger partial charge on any atom is -0.507 e. The molecule has 2 heterocycles. The predicted molar refractivity (Wildman–Crippen MR) is 140 cm³/mol. The largest absolute Gasteiger partial charge is 0.507 e. The van der Waals surface area contributed by atoms with Crippen LogP contribution in [0.4, 0.5) is 0 Å². The molecule has 2 saturated heterocycles. The molecule has 11 heteroatoms. The molecule has 2 aliphatic carbocycles. The van der Waals surface area contributed by atoms with Gasteiger partial charge in [0.1, 0.15) is 5.75 Å². The molecule has 2 aromatic carbocycles. The minimum atomic E-state index is -1.93. The number of fused-ring (bicyclic) bond motifs is 5. The summed E-state index contributed by atoms with van der Waals surface area (Å²) in [5.41, 5.74) is 1.20. The number of alkyl halides is 2. The topological polar surface area (TPSA) is 132 Å². The summed E-state index contributed by atoms with van der Waals surface area (Å²) in [6, 6.07) is 10.2. The Bertz CT molecular complexity index is 1540. The van der Waals surface area contributed by atoms with Crippen LogP contribution in [-0.4, -0.2) is 73.0 Å². The molecule has 202 valence electrons. The maximum absolute atomic E-state index is 13.7. The van der Waals surface area contributed by atoms with E-state index in [-0.39, 0.29) is 31.6 Å². The van der Waals surface area contributed by atoms with E-state index in [9.17, 15) is 29.1 Å². The Morgan fingerprint density at radius 2 is 1.69 bits per heavy atom. The Kier molecular flexibility index (Phi) is 5.65. The summed E-state index contributed by atoms with van der Waals surface area (Å²) in [5.74, 6) is -6.66. The van der Waals surface area contributed by atoms with Crippen molar-refractivity contribution in [2.45, 2.75) is 34.9 Å². The van der Waals surface area contributed by atoms with Gasteiger partial charge < -0.3 is 10.2 Å². The molecular formula is C28H24Cl2N2O7. The normalized spacial score (nSPS) is 33.8. The van der Waals surface area contributed by atoms with Gasteiger partial charge in [0.2, 0.25) is 11.8 Å². The lowest BCUT2D eigenvalue weighted by Crippen LogP contribution is -2.60. The van der Waals surface area contributed by atoms with E-state index in [4.69, 9.17) is 28.3 Å². The van der Waals surface area contributed by atoms with Gasteiger partial charge in [-0.05, 0) is 35.8 Å². The van der Waals surface area contributed by atoms with Crippen LogP contribution in [0.1, 0.15) is 30.7 Å². The van der Waals surface area contributed by atoms with Crippen LogP contribution < -0.4 is 0 Å².